The first-order valence-electron chi connectivity index (χ1n) is 13.6. The average molecular weight is 468 g/mol. The number of rotatable bonds is 5. The summed E-state index contributed by atoms with van der Waals surface area (Å²) in [6, 6.07) is 9.10. The molecular weight excluding hydrogens is 426 g/mol. The molecule has 3 unspecified atom stereocenters. The molecule has 3 aliphatic heterocycles. The van der Waals surface area contributed by atoms with Crippen LogP contribution < -0.4 is 4.90 Å². The number of nitrogens with zero attached hydrogens (tertiary/aromatic N) is 3. The van der Waals surface area contributed by atoms with Crippen LogP contribution >= 0.6 is 0 Å². The minimum Gasteiger partial charge on any atom is -0.378 e. The second kappa shape index (κ2) is 10.8. The van der Waals surface area contributed by atoms with Gasteiger partial charge in [0.25, 0.3) is 0 Å². The molecule has 0 radical (unpaired) electrons. The van der Waals surface area contributed by atoms with Crippen LogP contribution in [0.25, 0.3) is 0 Å². The van der Waals surface area contributed by atoms with Crippen LogP contribution in [0, 0.1) is 5.92 Å². The predicted octanol–water partition coefficient (Wildman–Crippen LogP) is 4.36. The summed E-state index contributed by atoms with van der Waals surface area (Å²) in [5.74, 6) is 1.13. The summed E-state index contributed by atoms with van der Waals surface area (Å²) >= 11 is 0. The van der Waals surface area contributed by atoms with E-state index in [2.05, 4.69) is 21.9 Å². The Morgan fingerprint density at radius 2 is 1.82 bits per heavy atom. The third-order valence-electron chi connectivity index (χ3n) is 8.38. The fourth-order valence-electron chi connectivity index (χ4n) is 6.28. The standard InChI is InChI=1S/C28H41N3O3/c1-21(32)30-16-15-24-7-4-8-25(31(24)18-22-11-12-22)20-29(19-23-6-2-3-10-27(23)30)28(33)14-13-26-9-5-17-34-26/h2-3,6,10,22,24-26H,4-5,7-9,11-20H2,1H3. The van der Waals surface area contributed by atoms with Crippen LogP contribution in [0.5, 0.6) is 0 Å². The fraction of sp³-hybridized carbons (Fsp3) is 0.714. The van der Waals surface area contributed by atoms with Gasteiger partial charge in [-0.2, -0.15) is 0 Å². The highest BCUT2D eigenvalue weighted by atomic mass is 16.5. The molecule has 34 heavy (non-hydrogen) atoms. The maximum absolute atomic E-state index is 13.6. The van der Waals surface area contributed by atoms with Gasteiger partial charge in [-0.3, -0.25) is 14.5 Å². The molecule has 186 valence electrons. The summed E-state index contributed by atoms with van der Waals surface area (Å²) in [5.41, 5.74) is 2.05. The highest BCUT2D eigenvalue weighted by molar-refractivity contribution is 5.92. The van der Waals surface area contributed by atoms with E-state index in [9.17, 15) is 9.59 Å². The van der Waals surface area contributed by atoms with Gasteiger partial charge in [-0.1, -0.05) is 24.6 Å². The van der Waals surface area contributed by atoms with Crippen molar-refractivity contribution in [1.82, 2.24) is 9.80 Å². The van der Waals surface area contributed by atoms with Crippen LogP contribution in [-0.4, -0.2) is 66.0 Å². The van der Waals surface area contributed by atoms with E-state index in [1.54, 1.807) is 6.92 Å². The summed E-state index contributed by atoms with van der Waals surface area (Å²) in [5, 5.41) is 0. The van der Waals surface area contributed by atoms with Crippen molar-refractivity contribution in [2.75, 3.05) is 31.1 Å². The lowest BCUT2D eigenvalue weighted by atomic mass is 9.92. The molecule has 1 aromatic rings. The number of fused-ring (bicyclic) bond motifs is 3. The summed E-state index contributed by atoms with van der Waals surface area (Å²) < 4.78 is 5.80. The minimum atomic E-state index is 0.0871. The molecule has 2 amide bonds. The van der Waals surface area contributed by atoms with Crippen LogP contribution in [0.15, 0.2) is 24.3 Å². The quantitative estimate of drug-likeness (QED) is 0.646. The van der Waals surface area contributed by atoms with Gasteiger partial charge in [0.05, 0.1) is 6.10 Å². The van der Waals surface area contributed by atoms with Gasteiger partial charge in [0, 0.05) is 63.9 Å². The summed E-state index contributed by atoms with van der Waals surface area (Å²) in [4.78, 5) is 33.1. The van der Waals surface area contributed by atoms with Gasteiger partial charge in [-0.15, -0.1) is 0 Å². The van der Waals surface area contributed by atoms with Crippen LogP contribution in [0.3, 0.4) is 0 Å². The van der Waals surface area contributed by atoms with Gasteiger partial charge in [0.1, 0.15) is 0 Å². The van der Waals surface area contributed by atoms with E-state index in [0.29, 0.717) is 25.0 Å². The number of ether oxygens (including phenoxy) is 1. The number of anilines is 1. The highest BCUT2D eigenvalue weighted by Crippen LogP contribution is 2.36. The van der Waals surface area contributed by atoms with Gasteiger partial charge in [0.2, 0.25) is 11.8 Å². The number of piperidine rings is 1. The molecular formula is C28H41N3O3. The van der Waals surface area contributed by atoms with Gasteiger partial charge < -0.3 is 14.5 Å². The molecule has 3 fully saturated rings. The average Bonchev–Trinajstić information content (AvgIpc) is 3.49. The Labute approximate surface area is 204 Å². The largest absolute Gasteiger partial charge is 0.378 e. The molecule has 5 rings (SSSR count). The van der Waals surface area contributed by atoms with Crippen molar-refractivity contribution in [3.63, 3.8) is 0 Å². The zero-order valence-corrected chi connectivity index (χ0v) is 20.8. The Kier molecular flexibility index (Phi) is 7.55. The zero-order valence-electron chi connectivity index (χ0n) is 20.8. The van der Waals surface area contributed by atoms with E-state index >= 15 is 0 Å². The van der Waals surface area contributed by atoms with E-state index in [4.69, 9.17) is 4.74 Å². The van der Waals surface area contributed by atoms with E-state index in [0.717, 1.165) is 75.5 Å². The third kappa shape index (κ3) is 5.65. The van der Waals surface area contributed by atoms with E-state index < -0.39 is 0 Å². The summed E-state index contributed by atoms with van der Waals surface area (Å²) in [6.07, 6.45) is 11.0. The number of hydrogen-bond acceptors (Lipinski definition) is 4. The maximum Gasteiger partial charge on any atom is 0.223 e. The normalized spacial score (nSPS) is 28.3. The van der Waals surface area contributed by atoms with Crippen LogP contribution in [0.1, 0.15) is 76.7 Å². The van der Waals surface area contributed by atoms with Crippen molar-refractivity contribution in [2.45, 2.75) is 95.9 Å². The van der Waals surface area contributed by atoms with E-state index in [1.807, 2.05) is 17.0 Å². The predicted molar refractivity (Wildman–Crippen MR) is 134 cm³/mol. The van der Waals surface area contributed by atoms with Crippen LogP contribution in [0.4, 0.5) is 5.69 Å². The molecule has 0 aromatic heterocycles. The summed E-state index contributed by atoms with van der Waals surface area (Å²) in [6.45, 7) is 5.77. The molecule has 4 aliphatic rings. The molecule has 3 heterocycles. The van der Waals surface area contributed by atoms with E-state index in [1.165, 1.54) is 25.7 Å². The SMILES string of the molecule is CC(=O)N1CCC2CCCC(CN(C(=O)CCC3CCCO3)Cc3ccccc31)N2CC1CC1. The first kappa shape index (κ1) is 23.8. The Balaban J connectivity index is 1.43. The third-order valence-corrected chi connectivity index (χ3v) is 8.38. The van der Waals surface area contributed by atoms with Gasteiger partial charge in [-0.05, 0) is 68.9 Å². The Morgan fingerprint density at radius 1 is 1.00 bits per heavy atom. The molecule has 1 aliphatic carbocycles. The Hall–Kier alpha value is -1.92. The number of hydrogen-bond donors (Lipinski definition) is 0. The van der Waals surface area contributed by atoms with E-state index in [-0.39, 0.29) is 17.9 Å². The molecule has 0 spiro atoms. The zero-order chi connectivity index (χ0) is 23.5. The second-order valence-corrected chi connectivity index (χ2v) is 10.9. The maximum atomic E-state index is 13.6. The lowest BCUT2D eigenvalue weighted by molar-refractivity contribution is -0.134. The smallest absolute Gasteiger partial charge is 0.223 e. The van der Waals surface area contributed by atoms with Gasteiger partial charge in [-0.25, -0.2) is 0 Å². The van der Waals surface area contributed by atoms with Gasteiger partial charge >= 0.3 is 0 Å². The number of carbonyl (C=O) groups is 2. The van der Waals surface area contributed by atoms with Crippen molar-refractivity contribution < 1.29 is 14.3 Å². The Bertz CT molecular complexity index is 864. The van der Waals surface area contributed by atoms with Crippen molar-refractivity contribution in [3.8, 4) is 0 Å². The van der Waals surface area contributed by atoms with Crippen LogP contribution in [0.2, 0.25) is 0 Å². The topological polar surface area (TPSA) is 53.1 Å². The lowest BCUT2D eigenvalue weighted by Gasteiger charge is -2.44. The number of amides is 2. The number of para-hydroxylation sites is 1. The molecule has 2 saturated heterocycles. The molecule has 2 bridgehead atoms. The molecule has 1 saturated carbocycles. The lowest BCUT2D eigenvalue weighted by Crippen LogP contribution is -2.53. The molecule has 6 nitrogen and oxygen atoms in total. The molecule has 6 heteroatoms. The number of carbonyl (C=O) groups excluding carboxylic acids is 2. The fourth-order valence-corrected chi connectivity index (χ4v) is 6.28. The summed E-state index contributed by atoms with van der Waals surface area (Å²) in [7, 11) is 0. The van der Waals surface area contributed by atoms with Crippen molar-refractivity contribution >= 4 is 17.5 Å². The van der Waals surface area contributed by atoms with Crippen molar-refractivity contribution in [2.24, 2.45) is 5.92 Å². The number of benzene rings is 1. The molecule has 1 aromatic carbocycles. The minimum absolute atomic E-state index is 0.0871. The first-order chi connectivity index (χ1) is 16.6. The van der Waals surface area contributed by atoms with Crippen molar-refractivity contribution in [1.29, 1.82) is 0 Å². The monoisotopic (exact) mass is 467 g/mol. The first-order valence-corrected chi connectivity index (χ1v) is 13.6. The molecule has 0 N–H and O–H groups in total. The van der Waals surface area contributed by atoms with Gasteiger partial charge in [0.15, 0.2) is 0 Å². The molecule has 3 atom stereocenters. The Morgan fingerprint density at radius 3 is 2.59 bits per heavy atom. The second-order valence-electron chi connectivity index (χ2n) is 10.9. The van der Waals surface area contributed by atoms with Crippen molar-refractivity contribution in [3.05, 3.63) is 29.8 Å². The highest BCUT2D eigenvalue weighted by Gasteiger charge is 2.37. The van der Waals surface area contributed by atoms with Crippen LogP contribution in [-0.2, 0) is 20.9 Å².